The van der Waals surface area contributed by atoms with E-state index in [-0.39, 0.29) is 16.9 Å². The van der Waals surface area contributed by atoms with Gasteiger partial charge < -0.3 is 17.7 Å². The molecule has 0 heterocycles. The van der Waals surface area contributed by atoms with Crippen molar-refractivity contribution in [1.29, 1.82) is 0 Å². The number of rotatable bonds is 10. The fraction of sp³-hybridized carbons (Fsp3) is 0.938. The predicted molar refractivity (Wildman–Crippen MR) is 97.9 cm³/mol. The molecule has 0 N–H and O–H groups in total. The molecular weight excluding hydrogens is 328 g/mol. The third-order valence-electron chi connectivity index (χ3n) is 4.21. The van der Waals surface area contributed by atoms with Gasteiger partial charge in [0.2, 0.25) is 0 Å². The minimum Gasteiger partial charge on any atom is -0.519 e. The molecule has 138 valence electrons. The van der Waals surface area contributed by atoms with Crippen LogP contribution in [0.4, 0.5) is 0 Å². The van der Waals surface area contributed by atoms with Crippen molar-refractivity contribution < 1.29 is 22.5 Å². The topological polar surface area (TPSA) is 54.0 Å². The molecule has 0 radical (unpaired) electrons. The lowest BCUT2D eigenvalue weighted by Gasteiger charge is -2.37. The maximum atomic E-state index is 12.6. The number of carbonyl (C=O) groups is 1. The summed E-state index contributed by atoms with van der Waals surface area (Å²) < 4.78 is 23.4. The molecule has 0 aliphatic heterocycles. The molecule has 0 fully saturated rings. The van der Waals surface area contributed by atoms with Gasteiger partial charge in [-0.15, -0.1) is 0 Å². The summed E-state index contributed by atoms with van der Waals surface area (Å²) in [7, 11) is -4.95. The van der Waals surface area contributed by atoms with E-state index in [1.54, 1.807) is 0 Å². The van der Waals surface area contributed by atoms with Gasteiger partial charge in [0.05, 0.1) is 5.92 Å². The van der Waals surface area contributed by atoms with Crippen LogP contribution in [0, 0.1) is 5.92 Å². The fourth-order valence-corrected chi connectivity index (χ4v) is 5.78. The Morgan fingerprint density at radius 1 is 0.957 bits per heavy atom. The first-order chi connectivity index (χ1) is 10.4. The van der Waals surface area contributed by atoms with Crippen molar-refractivity contribution in [2.45, 2.75) is 72.6 Å². The second-order valence-corrected chi connectivity index (χ2v) is 14.6. The molecule has 0 aliphatic carbocycles. The summed E-state index contributed by atoms with van der Waals surface area (Å²) in [6.07, 6.45) is 0. The molecule has 0 aromatic carbocycles. The average molecular weight is 365 g/mol. The molecule has 1 unspecified atom stereocenters. The number of hydrogen-bond acceptors (Lipinski definition) is 5. The highest BCUT2D eigenvalue weighted by molar-refractivity contribution is 6.75. The van der Waals surface area contributed by atoms with Crippen molar-refractivity contribution in [3.8, 4) is 0 Å². The van der Waals surface area contributed by atoms with Gasteiger partial charge in [-0.05, 0) is 38.9 Å². The van der Waals surface area contributed by atoms with Gasteiger partial charge >= 0.3 is 8.80 Å². The van der Waals surface area contributed by atoms with Crippen molar-refractivity contribution in [1.82, 2.24) is 0 Å². The third kappa shape index (κ3) is 7.05. The molecule has 0 rings (SSSR count). The maximum Gasteiger partial charge on any atom is 0.501 e. The quantitative estimate of drug-likeness (QED) is 0.543. The Hall–Kier alpha value is -0.216. The molecule has 0 saturated heterocycles. The highest BCUT2D eigenvalue weighted by Gasteiger charge is 2.46. The molecule has 23 heavy (non-hydrogen) atoms. The maximum absolute atomic E-state index is 12.6. The van der Waals surface area contributed by atoms with Crippen molar-refractivity contribution in [3.63, 3.8) is 0 Å². The Morgan fingerprint density at radius 3 is 1.65 bits per heavy atom. The van der Waals surface area contributed by atoms with Crippen LogP contribution < -0.4 is 0 Å². The minimum atomic E-state index is -2.83. The zero-order valence-corrected chi connectivity index (χ0v) is 18.4. The van der Waals surface area contributed by atoms with Crippen LogP contribution in [0.1, 0.15) is 48.5 Å². The molecule has 0 aromatic heterocycles. The lowest BCUT2D eigenvalue weighted by atomic mass is 10.2. The summed E-state index contributed by atoms with van der Waals surface area (Å²) in [6, 6.07) is 0.454. The van der Waals surface area contributed by atoms with Gasteiger partial charge in [0.1, 0.15) is 0 Å². The van der Waals surface area contributed by atoms with Gasteiger partial charge in [-0.2, -0.15) is 0 Å². The van der Waals surface area contributed by atoms with Crippen LogP contribution in [0.15, 0.2) is 0 Å². The molecule has 5 nitrogen and oxygen atoms in total. The zero-order chi connectivity index (χ0) is 18.3. The molecule has 0 bridgehead atoms. The van der Waals surface area contributed by atoms with Crippen molar-refractivity contribution in [2.24, 2.45) is 5.92 Å². The van der Waals surface area contributed by atoms with Gasteiger partial charge in [-0.1, -0.05) is 27.7 Å². The van der Waals surface area contributed by atoms with Crippen molar-refractivity contribution in [2.75, 3.05) is 19.8 Å². The first-order valence-electron chi connectivity index (χ1n) is 8.59. The van der Waals surface area contributed by atoms with E-state index in [2.05, 4.69) is 33.9 Å². The summed E-state index contributed by atoms with van der Waals surface area (Å²) in [4.78, 5) is 12.6. The largest absolute Gasteiger partial charge is 0.519 e. The summed E-state index contributed by atoms with van der Waals surface area (Å²) >= 11 is 0. The highest BCUT2D eigenvalue weighted by atomic mass is 28.4. The van der Waals surface area contributed by atoms with Crippen LogP contribution in [0.2, 0.25) is 24.2 Å². The second kappa shape index (κ2) is 9.31. The van der Waals surface area contributed by atoms with Gasteiger partial charge in [-0.3, -0.25) is 4.79 Å². The van der Waals surface area contributed by atoms with Gasteiger partial charge in [0.25, 0.3) is 14.3 Å². The molecule has 1 atom stereocenters. The lowest BCUT2D eigenvalue weighted by molar-refractivity contribution is -0.139. The SMILES string of the molecule is CCO[Si](CC(C)C(=O)O[Si](C)(C)C(C)(C)C)(OCC)OCC. The number of carbonyl (C=O) groups excluding carboxylic acids is 1. The summed E-state index contributed by atoms with van der Waals surface area (Å²) in [6.45, 7) is 19.7. The molecule has 0 saturated carbocycles. The standard InChI is InChI=1S/C16H36O5Si2/c1-10-18-23(19-11-2,20-12-3)13-14(4)15(17)21-22(8,9)16(5,6)7/h14H,10-13H2,1-9H3. The first kappa shape index (κ1) is 22.8. The summed E-state index contributed by atoms with van der Waals surface area (Å²) in [5, 5.41) is -0.00332. The molecule has 0 aromatic rings. The average Bonchev–Trinajstić information content (AvgIpc) is 2.37. The van der Waals surface area contributed by atoms with Gasteiger partial charge in [0.15, 0.2) is 0 Å². The first-order valence-corrected chi connectivity index (χ1v) is 13.4. The van der Waals surface area contributed by atoms with E-state index >= 15 is 0 Å². The van der Waals surface area contributed by atoms with E-state index in [4.69, 9.17) is 17.7 Å². The van der Waals surface area contributed by atoms with Crippen LogP contribution in [0.5, 0.6) is 0 Å². The smallest absolute Gasteiger partial charge is 0.501 e. The van der Waals surface area contributed by atoms with Crippen LogP contribution in [0.25, 0.3) is 0 Å². The van der Waals surface area contributed by atoms with Gasteiger partial charge in [-0.25, -0.2) is 0 Å². The highest BCUT2D eigenvalue weighted by Crippen LogP contribution is 2.37. The van der Waals surface area contributed by atoms with E-state index in [1.165, 1.54) is 0 Å². The molecule has 0 amide bonds. The Balaban J connectivity index is 5.04. The summed E-state index contributed by atoms with van der Waals surface area (Å²) in [5.41, 5.74) is 0. The van der Waals surface area contributed by atoms with E-state index in [9.17, 15) is 4.79 Å². The molecule has 7 heteroatoms. The van der Waals surface area contributed by atoms with Crippen molar-refractivity contribution in [3.05, 3.63) is 0 Å². The predicted octanol–water partition coefficient (Wildman–Crippen LogP) is 4.22. The van der Waals surface area contributed by atoms with Crippen LogP contribution >= 0.6 is 0 Å². The fourth-order valence-electron chi connectivity index (χ4n) is 1.93. The monoisotopic (exact) mass is 364 g/mol. The van der Waals surface area contributed by atoms with Crippen LogP contribution in [0.3, 0.4) is 0 Å². The van der Waals surface area contributed by atoms with Crippen LogP contribution in [-0.4, -0.2) is 42.9 Å². The molecule has 0 spiro atoms. The molecule has 0 aliphatic rings. The minimum absolute atomic E-state index is 0.00332. The van der Waals surface area contributed by atoms with Gasteiger partial charge in [0, 0.05) is 25.9 Å². The normalized spacial score (nSPS) is 14.7. The van der Waals surface area contributed by atoms with E-state index in [0.717, 1.165) is 0 Å². The van der Waals surface area contributed by atoms with Crippen LogP contribution in [-0.2, 0) is 22.5 Å². The molecular formula is C16H36O5Si2. The third-order valence-corrected chi connectivity index (χ3v) is 11.8. The zero-order valence-electron chi connectivity index (χ0n) is 16.4. The second-order valence-electron chi connectivity index (χ2n) is 7.27. The Bertz CT molecular complexity index is 349. The Morgan fingerprint density at radius 2 is 1.35 bits per heavy atom. The van der Waals surface area contributed by atoms with Crippen molar-refractivity contribution >= 4 is 23.1 Å². The van der Waals surface area contributed by atoms with E-state index in [1.807, 2.05) is 27.7 Å². The lowest BCUT2D eigenvalue weighted by Crippen LogP contribution is -2.49. The Kier molecular flexibility index (Phi) is 9.23. The summed E-state index contributed by atoms with van der Waals surface area (Å²) in [5.74, 6) is -0.479. The van der Waals surface area contributed by atoms with E-state index < -0.39 is 17.1 Å². The van der Waals surface area contributed by atoms with E-state index in [0.29, 0.717) is 25.9 Å². The number of hydrogen-bond donors (Lipinski definition) is 0. The Labute approximate surface area is 144 Å².